The summed E-state index contributed by atoms with van der Waals surface area (Å²) >= 11 is 2.76. The number of benzene rings is 1. The molecular weight excluding hydrogens is 424 g/mol. The van der Waals surface area contributed by atoms with Gasteiger partial charge in [0.05, 0.1) is 31.8 Å². The molecular formula is C19H22N6O3S2. The zero-order valence-corrected chi connectivity index (χ0v) is 18.1. The maximum atomic E-state index is 12.4. The van der Waals surface area contributed by atoms with E-state index in [1.807, 2.05) is 34.2 Å². The lowest BCUT2D eigenvalue weighted by atomic mass is 10.3. The van der Waals surface area contributed by atoms with Crippen LogP contribution in [0.5, 0.6) is 5.75 Å². The molecule has 0 atom stereocenters. The van der Waals surface area contributed by atoms with Crippen LogP contribution in [0.3, 0.4) is 0 Å². The zero-order chi connectivity index (χ0) is 20.8. The van der Waals surface area contributed by atoms with E-state index >= 15 is 0 Å². The molecule has 1 saturated heterocycles. The minimum Gasteiger partial charge on any atom is -0.497 e. The number of carbonyl (C=O) groups is 1. The lowest BCUT2D eigenvalue weighted by molar-refractivity contribution is -0.113. The van der Waals surface area contributed by atoms with Crippen LogP contribution in [-0.2, 0) is 16.1 Å². The molecule has 1 N–H and O–H groups in total. The standard InChI is InChI=1S/C19H22N6O3S2/c1-27-16-4-2-15(3-5-16)25-13-20-23-19(25)30-12-17(26)22-18-21-14(11-29-18)10-24-6-8-28-9-7-24/h2-5,11,13H,6-10,12H2,1H3,(H,21,22,26). The topological polar surface area (TPSA) is 94.4 Å². The first-order chi connectivity index (χ1) is 14.7. The molecule has 11 heteroatoms. The first-order valence-corrected chi connectivity index (χ1v) is 11.3. The number of rotatable bonds is 8. The second-order valence-corrected chi connectivity index (χ2v) is 8.35. The predicted molar refractivity (Wildman–Crippen MR) is 115 cm³/mol. The number of nitrogens with zero attached hydrogens (tertiary/aromatic N) is 5. The van der Waals surface area contributed by atoms with Crippen molar-refractivity contribution in [2.24, 2.45) is 0 Å². The van der Waals surface area contributed by atoms with Gasteiger partial charge in [-0.1, -0.05) is 11.8 Å². The second kappa shape index (κ2) is 10.0. The molecule has 2 aromatic heterocycles. The number of morpholine rings is 1. The van der Waals surface area contributed by atoms with Gasteiger partial charge in [-0.15, -0.1) is 21.5 Å². The van der Waals surface area contributed by atoms with Crippen molar-refractivity contribution in [3.63, 3.8) is 0 Å². The summed E-state index contributed by atoms with van der Waals surface area (Å²) in [6, 6.07) is 7.57. The molecule has 0 unspecified atom stereocenters. The van der Waals surface area contributed by atoms with Gasteiger partial charge in [-0.25, -0.2) is 4.98 Å². The minimum absolute atomic E-state index is 0.128. The van der Waals surface area contributed by atoms with E-state index in [1.165, 1.54) is 23.1 Å². The van der Waals surface area contributed by atoms with Crippen molar-refractivity contribution >= 4 is 34.1 Å². The number of thiazole rings is 1. The van der Waals surface area contributed by atoms with Crippen molar-refractivity contribution < 1.29 is 14.3 Å². The number of anilines is 1. The highest BCUT2D eigenvalue weighted by Crippen LogP contribution is 2.22. The van der Waals surface area contributed by atoms with Gasteiger partial charge in [0.1, 0.15) is 12.1 Å². The van der Waals surface area contributed by atoms with Crippen molar-refractivity contribution in [3.8, 4) is 11.4 Å². The van der Waals surface area contributed by atoms with Crippen LogP contribution in [0, 0.1) is 0 Å². The van der Waals surface area contributed by atoms with Gasteiger partial charge in [-0.2, -0.15) is 0 Å². The van der Waals surface area contributed by atoms with Crippen LogP contribution in [-0.4, -0.2) is 69.7 Å². The van der Waals surface area contributed by atoms with E-state index in [-0.39, 0.29) is 11.7 Å². The Bertz CT molecular complexity index is 969. The third-order valence-corrected chi connectivity index (χ3v) is 6.24. The molecule has 0 spiro atoms. The minimum atomic E-state index is -0.128. The van der Waals surface area contributed by atoms with Crippen molar-refractivity contribution in [2.45, 2.75) is 11.7 Å². The molecule has 1 aromatic carbocycles. The summed E-state index contributed by atoms with van der Waals surface area (Å²) in [6.45, 7) is 4.10. The highest BCUT2D eigenvalue weighted by molar-refractivity contribution is 7.99. The summed E-state index contributed by atoms with van der Waals surface area (Å²) in [5.74, 6) is 0.862. The van der Waals surface area contributed by atoms with Crippen LogP contribution in [0.25, 0.3) is 5.69 Å². The van der Waals surface area contributed by atoms with Gasteiger partial charge >= 0.3 is 0 Å². The number of hydrogen-bond acceptors (Lipinski definition) is 9. The Kier molecular flexibility index (Phi) is 6.95. The molecule has 1 amide bonds. The number of ether oxygens (including phenoxy) is 2. The highest BCUT2D eigenvalue weighted by atomic mass is 32.2. The number of aromatic nitrogens is 4. The molecule has 30 heavy (non-hydrogen) atoms. The number of carbonyl (C=O) groups excluding carboxylic acids is 1. The van der Waals surface area contributed by atoms with Crippen molar-refractivity contribution in [2.75, 3.05) is 44.5 Å². The normalized spacial score (nSPS) is 14.6. The fourth-order valence-electron chi connectivity index (χ4n) is 2.95. The fourth-order valence-corrected chi connectivity index (χ4v) is 4.40. The molecule has 1 aliphatic heterocycles. The van der Waals surface area contributed by atoms with E-state index in [1.54, 1.807) is 13.4 Å². The molecule has 1 aliphatic rings. The Balaban J connectivity index is 1.30. The first-order valence-electron chi connectivity index (χ1n) is 9.43. The molecule has 9 nitrogen and oxygen atoms in total. The smallest absolute Gasteiger partial charge is 0.236 e. The fraction of sp³-hybridized carbons (Fsp3) is 0.368. The van der Waals surface area contributed by atoms with E-state index in [4.69, 9.17) is 9.47 Å². The van der Waals surface area contributed by atoms with Crippen LogP contribution < -0.4 is 10.1 Å². The molecule has 0 aliphatic carbocycles. The number of hydrogen-bond donors (Lipinski definition) is 1. The Hall–Kier alpha value is -2.47. The molecule has 3 aromatic rings. The third kappa shape index (κ3) is 5.36. The number of methoxy groups -OCH3 is 1. The average Bonchev–Trinajstić information content (AvgIpc) is 3.42. The van der Waals surface area contributed by atoms with Gasteiger partial charge in [-0.05, 0) is 24.3 Å². The van der Waals surface area contributed by atoms with E-state index in [9.17, 15) is 4.79 Å². The van der Waals surface area contributed by atoms with Crippen LogP contribution in [0.2, 0.25) is 0 Å². The number of thioether (sulfide) groups is 1. The lowest BCUT2D eigenvalue weighted by Crippen LogP contribution is -2.35. The lowest BCUT2D eigenvalue weighted by Gasteiger charge is -2.25. The van der Waals surface area contributed by atoms with Crippen LogP contribution in [0.1, 0.15) is 5.69 Å². The van der Waals surface area contributed by atoms with E-state index < -0.39 is 0 Å². The zero-order valence-electron chi connectivity index (χ0n) is 16.5. The summed E-state index contributed by atoms with van der Waals surface area (Å²) in [5.41, 5.74) is 1.86. The monoisotopic (exact) mass is 446 g/mol. The second-order valence-electron chi connectivity index (χ2n) is 6.55. The maximum Gasteiger partial charge on any atom is 0.236 e. The largest absolute Gasteiger partial charge is 0.497 e. The van der Waals surface area contributed by atoms with E-state index in [2.05, 4.69) is 25.4 Å². The summed E-state index contributed by atoms with van der Waals surface area (Å²) in [6.07, 6.45) is 1.63. The average molecular weight is 447 g/mol. The van der Waals surface area contributed by atoms with Crippen LogP contribution in [0.15, 0.2) is 41.1 Å². The molecule has 158 valence electrons. The van der Waals surface area contributed by atoms with Gasteiger partial charge in [0.15, 0.2) is 10.3 Å². The summed E-state index contributed by atoms with van der Waals surface area (Å²) < 4.78 is 12.4. The number of amides is 1. The van der Waals surface area contributed by atoms with Crippen LogP contribution >= 0.6 is 23.1 Å². The first kappa shape index (κ1) is 20.8. The third-order valence-electron chi connectivity index (χ3n) is 4.49. The van der Waals surface area contributed by atoms with E-state index in [0.717, 1.165) is 50.0 Å². The summed E-state index contributed by atoms with van der Waals surface area (Å²) in [5, 5.41) is 14.2. The van der Waals surface area contributed by atoms with Crippen LogP contribution in [0.4, 0.5) is 5.13 Å². The molecule has 0 bridgehead atoms. The van der Waals surface area contributed by atoms with Gasteiger partial charge in [-0.3, -0.25) is 14.3 Å². The Morgan fingerprint density at radius 3 is 2.87 bits per heavy atom. The maximum absolute atomic E-state index is 12.4. The Labute approximate surface area is 182 Å². The van der Waals surface area contributed by atoms with Crippen molar-refractivity contribution in [1.82, 2.24) is 24.6 Å². The molecule has 3 heterocycles. The highest BCUT2D eigenvalue weighted by Gasteiger charge is 2.14. The van der Waals surface area contributed by atoms with Gasteiger partial charge < -0.3 is 14.8 Å². The number of nitrogens with one attached hydrogen (secondary N) is 1. The quantitative estimate of drug-likeness (QED) is 0.527. The van der Waals surface area contributed by atoms with Gasteiger partial charge in [0, 0.05) is 30.7 Å². The molecule has 4 rings (SSSR count). The van der Waals surface area contributed by atoms with Crippen molar-refractivity contribution in [3.05, 3.63) is 41.7 Å². The summed E-state index contributed by atoms with van der Waals surface area (Å²) in [4.78, 5) is 19.2. The molecule has 0 radical (unpaired) electrons. The summed E-state index contributed by atoms with van der Waals surface area (Å²) in [7, 11) is 1.63. The van der Waals surface area contributed by atoms with Crippen molar-refractivity contribution in [1.29, 1.82) is 0 Å². The SMILES string of the molecule is COc1ccc(-n2cnnc2SCC(=O)Nc2nc(CN3CCOCC3)cs2)cc1. The Morgan fingerprint density at radius 2 is 2.10 bits per heavy atom. The van der Waals surface area contributed by atoms with Gasteiger partial charge in [0.2, 0.25) is 5.91 Å². The Morgan fingerprint density at radius 1 is 1.30 bits per heavy atom. The van der Waals surface area contributed by atoms with E-state index in [0.29, 0.717) is 10.3 Å². The molecule has 1 fully saturated rings. The molecule has 0 saturated carbocycles. The van der Waals surface area contributed by atoms with Gasteiger partial charge in [0.25, 0.3) is 0 Å². The predicted octanol–water partition coefficient (Wildman–Crippen LogP) is 2.30.